The first-order valence-electron chi connectivity index (χ1n) is 10.2. The molecule has 1 aliphatic rings. The molecule has 1 fully saturated rings. The maximum Gasteiger partial charge on any atom is 0.137 e. The quantitative estimate of drug-likeness (QED) is 0.507. The van der Waals surface area contributed by atoms with Crippen molar-refractivity contribution < 1.29 is 9.47 Å². The number of benzene rings is 1. The lowest BCUT2D eigenvalue weighted by atomic mass is 10.1. The van der Waals surface area contributed by atoms with Crippen molar-refractivity contribution in [1.82, 2.24) is 19.3 Å². The van der Waals surface area contributed by atoms with Crippen LogP contribution in [0.3, 0.4) is 0 Å². The van der Waals surface area contributed by atoms with Gasteiger partial charge in [-0.2, -0.15) is 0 Å². The van der Waals surface area contributed by atoms with Gasteiger partial charge in [0.1, 0.15) is 17.5 Å². The second-order valence-electron chi connectivity index (χ2n) is 7.48. The van der Waals surface area contributed by atoms with Gasteiger partial charge in [-0.05, 0) is 42.0 Å². The van der Waals surface area contributed by atoms with Gasteiger partial charge in [0.15, 0.2) is 0 Å². The average molecular weight is 400 g/mol. The number of imidazole rings is 1. The summed E-state index contributed by atoms with van der Waals surface area (Å²) in [4.78, 5) is 11.4. The van der Waals surface area contributed by atoms with E-state index in [1.54, 1.807) is 7.11 Å². The molecule has 1 saturated heterocycles. The molecule has 30 heavy (non-hydrogen) atoms. The molecular formula is C24H24N4O2. The zero-order chi connectivity index (χ0) is 20.3. The molecule has 4 heterocycles. The molecule has 3 aromatic heterocycles. The van der Waals surface area contributed by atoms with E-state index in [2.05, 4.69) is 38.7 Å². The molecule has 1 atom stereocenters. The van der Waals surface area contributed by atoms with Crippen LogP contribution in [0, 0.1) is 0 Å². The van der Waals surface area contributed by atoms with Gasteiger partial charge in [0, 0.05) is 43.8 Å². The Balaban J connectivity index is 1.37. The van der Waals surface area contributed by atoms with Crippen LogP contribution in [-0.4, -0.2) is 46.1 Å². The summed E-state index contributed by atoms with van der Waals surface area (Å²) in [5.74, 6) is 0.883. The highest BCUT2D eigenvalue weighted by atomic mass is 16.5. The molecule has 1 aliphatic heterocycles. The number of methoxy groups -OCH3 is 1. The van der Waals surface area contributed by atoms with E-state index in [1.807, 2.05) is 48.8 Å². The molecular weight excluding hydrogens is 376 g/mol. The molecule has 152 valence electrons. The second-order valence-corrected chi connectivity index (χ2v) is 7.48. The van der Waals surface area contributed by atoms with Crippen LogP contribution in [0.25, 0.3) is 16.9 Å². The van der Waals surface area contributed by atoms with Crippen molar-refractivity contribution in [2.75, 3.05) is 26.8 Å². The Bertz CT molecular complexity index is 1130. The highest BCUT2D eigenvalue weighted by Crippen LogP contribution is 2.26. The Morgan fingerprint density at radius 1 is 1.07 bits per heavy atom. The summed E-state index contributed by atoms with van der Waals surface area (Å²) >= 11 is 0. The van der Waals surface area contributed by atoms with Crippen molar-refractivity contribution in [3.05, 3.63) is 84.4 Å². The van der Waals surface area contributed by atoms with Gasteiger partial charge in [0.05, 0.1) is 25.1 Å². The van der Waals surface area contributed by atoms with Gasteiger partial charge < -0.3 is 9.47 Å². The van der Waals surface area contributed by atoms with Crippen LogP contribution < -0.4 is 4.74 Å². The number of aromatic nitrogens is 3. The first-order chi connectivity index (χ1) is 14.8. The standard InChI is InChI=1S/C24H24N4O2/c1-29-20-7-5-18(6-8-20)15-27-13-14-30-23(17-27)21-16-28-22(3-2-4-24(28)26-21)19-9-11-25-12-10-19/h2-12,16,23H,13-15,17H2,1H3. The fourth-order valence-corrected chi connectivity index (χ4v) is 3.96. The Morgan fingerprint density at radius 2 is 1.90 bits per heavy atom. The molecule has 1 unspecified atom stereocenters. The monoisotopic (exact) mass is 400 g/mol. The normalized spacial score (nSPS) is 17.3. The summed E-state index contributed by atoms with van der Waals surface area (Å²) in [7, 11) is 1.69. The van der Waals surface area contributed by atoms with E-state index < -0.39 is 0 Å². The molecule has 6 nitrogen and oxygen atoms in total. The van der Waals surface area contributed by atoms with E-state index in [0.717, 1.165) is 48.0 Å². The number of hydrogen-bond acceptors (Lipinski definition) is 5. The van der Waals surface area contributed by atoms with E-state index in [9.17, 15) is 0 Å². The molecule has 0 amide bonds. The fourth-order valence-electron chi connectivity index (χ4n) is 3.96. The van der Waals surface area contributed by atoms with E-state index in [1.165, 1.54) is 5.56 Å². The smallest absolute Gasteiger partial charge is 0.137 e. The van der Waals surface area contributed by atoms with Gasteiger partial charge in [-0.25, -0.2) is 4.98 Å². The number of morpholine rings is 1. The molecule has 0 aliphatic carbocycles. The molecule has 1 aromatic carbocycles. The third-order valence-corrected chi connectivity index (χ3v) is 5.53. The topological polar surface area (TPSA) is 51.9 Å². The van der Waals surface area contributed by atoms with Gasteiger partial charge in [0.2, 0.25) is 0 Å². The third-order valence-electron chi connectivity index (χ3n) is 5.53. The lowest BCUT2D eigenvalue weighted by Gasteiger charge is -2.32. The van der Waals surface area contributed by atoms with Crippen LogP contribution in [-0.2, 0) is 11.3 Å². The van der Waals surface area contributed by atoms with Gasteiger partial charge in [-0.3, -0.25) is 14.3 Å². The molecule has 5 rings (SSSR count). The lowest BCUT2D eigenvalue weighted by molar-refractivity contribution is -0.0347. The summed E-state index contributed by atoms with van der Waals surface area (Å²) in [6, 6.07) is 18.5. The number of rotatable bonds is 5. The Kier molecular flexibility index (Phi) is 5.17. The first kappa shape index (κ1) is 18.8. The van der Waals surface area contributed by atoms with Crippen LogP contribution >= 0.6 is 0 Å². The van der Waals surface area contributed by atoms with Gasteiger partial charge in [-0.15, -0.1) is 0 Å². The minimum atomic E-state index is -0.0396. The minimum absolute atomic E-state index is 0.0396. The maximum atomic E-state index is 6.10. The highest BCUT2D eigenvalue weighted by molar-refractivity contribution is 5.63. The number of fused-ring (bicyclic) bond motifs is 1. The first-order valence-corrected chi connectivity index (χ1v) is 10.2. The molecule has 0 saturated carbocycles. The van der Waals surface area contributed by atoms with Gasteiger partial charge in [-0.1, -0.05) is 18.2 Å². The molecule has 4 aromatic rings. The Hall–Kier alpha value is -3.22. The fraction of sp³-hybridized carbons (Fsp3) is 0.250. The summed E-state index contributed by atoms with van der Waals surface area (Å²) in [6.07, 6.45) is 5.69. The van der Waals surface area contributed by atoms with Crippen LogP contribution in [0.2, 0.25) is 0 Å². The summed E-state index contributed by atoms with van der Waals surface area (Å²) in [5, 5.41) is 0. The van der Waals surface area contributed by atoms with E-state index in [0.29, 0.717) is 6.61 Å². The third kappa shape index (κ3) is 3.79. The summed E-state index contributed by atoms with van der Waals surface area (Å²) < 4.78 is 13.5. The largest absolute Gasteiger partial charge is 0.497 e. The van der Waals surface area contributed by atoms with Crippen molar-refractivity contribution in [2.24, 2.45) is 0 Å². The lowest BCUT2D eigenvalue weighted by Crippen LogP contribution is -2.37. The number of nitrogens with zero attached hydrogens (tertiary/aromatic N) is 4. The number of ether oxygens (including phenoxy) is 2. The van der Waals surface area contributed by atoms with Crippen LogP contribution in [0.4, 0.5) is 0 Å². The number of pyridine rings is 2. The number of hydrogen-bond donors (Lipinski definition) is 0. The molecule has 6 heteroatoms. The summed E-state index contributed by atoms with van der Waals surface area (Å²) in [6.45, 7) is 3.32. The van der Waals surface area contributed by atoms with Crippen molar-refractivity contribution in [2.45, 2.75) is 12.6 Å². The van der Waals surface area contributed by atoms with Crippen LogP contribution in [0.15, 0.2) is 73.2 Å². The van der Waals surface area contributed by atoms with Crippen molar-refractivity contribution in [1.29, 1.82) is 0 Å². The SMILES string of the molecule is COc1ccc(CN2CCOC(c3cn4c(-c5ccncc5)cccc4n3)C2)cc1. The minimum Gasteiger partial charge on any atom is -0.497 e. The highest BCUT2D eigenvalue weighted by Gasteiger charge is 2.24. The van der Waals surface area contributed by atoms with E-state index >= 15 is 0 Å². The maximum absolute atomic E-state index is 6.10. The van der Waals surface area contributed by atoms with E-state index in [-0.39, 0.29) is 6.10 Å². The van der Waals surface area contributed by atoms with Crippen molar-refractivity contribution >= 4 is 5.65 Å². The Labute approximate surface area is 175 Å². The zero-order valence-electron chi connectivity index (χ0n) is 16.9. The molecule has 0 bridgehead atoms. The molecule has 0 spiro atoms. The summed E-state index contributed by atoms with van der Waals surface area (Å²) in [5.41, 5.74) is 5.38. The van der Waals surface area contributed by atoms with Crippen LogP contribution in [0.5, 0.6) is 5.75 Å². The zero-order valence-corrected chi connectivity index (χ0v) is 16.9. The predicted octanol–water partition coefficient (Wildman–Crippen LogP) is 3.98. The van der Waals surface area contributed by atoms with Crippen LogP contribution in [0.1, 0.15) is 17.4 Å². The van der Waals surface area contributed by atoms with Crippen molar-refractivity contribution in [3.63, 3.8) is 0 Å². The Morgan fingerprint density at radius 3 is 2.70 bits per heavy atom. The molecule has 0 N–H and O–H groups in total. The molecule has 0 radical (unpaired) electrons. The predicted molar refractivity (Wildman–Crippen MR) is 115 cm³/mol. The van der Waals surface area contributed by atoms with Gasteiger partial charge >= 0.3 is 0 Å². The second kappa shape index (κ2) is 8.26. The average Bonchev–Trinajstić information content (AvgIpc) is 3.25. The van der Waals surface area contributed by atoms with Gasteiger partial charge in [0.25, 0.3) is 0 Å². The van der Waals surface area contributed by atoms with Crippen molar-refractivity contribution in [3.8, 4) is 17.0 Å². The van der Waals surface area contributed by atoms with E-state index in [4.69, 9.17) is 14.5 Å².